The summed E-state index contributed by atoms with van der Waals surface area (Å²) in [5, 5.41) is 6.83. The maximum atomic E-state index is 4.37. The quantitative estimate of drug-likeness (QED) is 0.860. The summed E-state index contributed by atoms with van der Waals surface area (Å²) < 4.78 is 0. The van der Waals surface area contributed by atoms with Crippen LogP contribution >= 0.6 is 0 Å². The molecule has 100 valence electrons. The fraction of sp³-hybridized carbons (Fsp3) is 0.714. The van der Waals surface area contributed by atoms with Crippen LogP contribution in [-0.4, -0.2) is 22.6 Å². The second kappa shape index (κ2) is 4.11. The SMILES string of the molecule is CCNc1ncnc(NC2C(C)(C)C2(C)C)c1C. The Hall–Kier alpha value is -1.32. The van der Waals surface area contributed by atoms with Crippen molar-refractivity contribution in [1.82, 2.24) is 9.97 Å². The second-order valence-electron chi connectivity index (χ2n) is 6.25. The maximum Gasteiger partial charge on any atom is 0.134 e. The van der Waals surface area contributed by atoms with Crippen LogP contribution in [-0.2, 0) is 0 Å². The predicted molar refractivity (Wildman–Crippen MR) is 75.9 cm³/mol. The highest BCUT2D eigenvalue weighted by Gasteiger charge is 2.65. The summed E-state index contributed by atoms with van der Waals surface area (Å²) in [6.45, 7) is 14.2. The zero-order valence-electron chi connectivity index (χ0n) is 12.3. The van der Waals surface area contributed by atoms with E-state index in [9.17, 15) is 0 Å². The van der Waals surface area contributed by atoms with Crippen molar-refractivity contribution < 1.29 is 0 Å². The molecule has 2 rings (SSSR count). The van der Waals surface area contributed by atoms with Crippen LogP contribution in [0.2, 0.25) is 0 Å². The molecular weight excluding hydrogens is 224 g/mol. The molecule has 0 radical (unpaired) electrons. The first-order valence-corrected chi connectivity index (χ1v) is 6.64. The first-order chi connectivity index (χ1) is 8.32. The summed E-state index contributed by atoms with van der Waals surface area (Å²) in [6, 6.07) is 0.466. The third-order valence-electron chi connectivity index (χ3n) is 4.73. The third-order valence-corrected chi connectivity index (χ3v) is 4.73. The largest absolute Gasteiger partial charge is 0.370 e. The molecule has 0 aromatic carbocycles. The highest BCUT2D eigenvalue weighted by Crippen LogP contribution is 2.63. The van der Waals surface area contributed by atoms with Crippen LogP contribution < -0.4 is 10.6 Å². The van der Waals surface area contributed by atoms with Gasteiger partial charge in [-0.2, -0.15) is 0 Å². The van der Waals surface area contributed by atoms with E-state index >= 15 is 0 Å². The summed E-state index contributed by atoms with van der Waals surface area (Å²) in [5.41, 5.74) is 1.71. The molecule has 1 aliphatic carbocycles. The number of hydrogen-bond acceptors (Lipinski definition) is 4. The van der Waals surface area contributed by atoms with Crippen molar-refractivity contribution in [2.75, 3.05) is 17.2 Å². The van der Waals surface area contributed by atoms with E-state index in [0.717, 1.165) is 23.7 Å². The molecule has 2 N–H and O–H groups in total. The average molecular weight is 248 g/mol. The lowest BCUT2D eigenvalue weighted by molar-refractivity contribution is 0.457. The van der Waals surface area contributed by atoms with Gasteiger partial charge in [0.15, 0.2) is 0 Å². The Kier molecular flexibility index (Phi) is 2.99. The minimum Gasteiger partial charge on any atom is -0.370 e. The third kappa shape index (κ3) is 1.84. The molecule has 1 fully saturated rings. The molecule has 18 heavy (non-hydrogen) atoms. The van der Waals surface area contributed by atoms with Gasteiger partial charge in [-0.1, -0.05) is 27.7 Å². The van der Waals surface area contributed by atoms with E-state index in [1.807, 2.05) is 0 Å². The minimum absolute atomic E-state index is 0.308. The summed E-state index contributed by atoms with van der Waals surface area (Å²) >= 11 is 0. The fourth-order valence-corrected chi connectivity index (χ4v) is 2.64. The van der Waals surface area contributed by atoms with Crippen molar-refractivity contribution in [2.24, 2.45) is 10.8 Å². The Bertz CT molecular complexity index is 437. The standard InChI is InChI=1S/C14H24N4/c1-7-15-10-9(2)11(17-8-16-10)18-12-13(3,4)14(12,5)6/h8,12H,7H2,1-6H3,(H2,15,16,17,18). The first kappa shape index (κ1) is 13.1. The van der Waals surface area contributed by atoms with Crippen LogP contribution in [0.15, 0.2) is 6.33 Å². The van der Waals surface area contributed by atoms with Gasteiger partial charge >= 0.3 is 0 Å². The second-order valence-corrected chi connectivity index (χ2v) is 6.25. The predicted octanol–water partition coefficient (Wildman–Crippen LogP) is 3.06. The highest BCUT2D eigenvalue weighted by molar-refractivity contribution is 5.58. The molecule has 1 aliphatic rings. The lowest BCUT2D eigenvalue weighted by Gasteiger charge is -2.13. The fourth-order valence-electron chi connectivity index (χ4n) is 2.64. The van der Waals surface area contributed by atoms with Crippen LogP contribution in [0, 0.1) is 17.8 Å². The molecule has 1 aromatic heterocycles. The van der Waals surface area contributed by atoms with Crippen molar-refractivity contribution in [3.8, 4) is 0 Å². The van der Waals surface area contributed by atoms with Gasteiger partial charge in [0.05, 0.1) is 0 Å². The molecule has 1 heterocycles. The number of hydrogen-bond donors (Lipinski definition) is 2. The smallest absolute Gasteiger partial charge is 0.134 e. The molecule has 1 aromatic rings. The van der Waals surface area contributed by atoms with E-state index in [-0.39, 0.29) is 0 Å². The molecule has 4 heteroatoms. The Morgan fingerprint density at radius 2 is 1.67 bits per heavy atom. The highest BCUT2D eigenvalue weighted by atomic mass is 15.1. The Morgan fingerprint density at radius 3 is 2.17 bits per heavy atom. The summed E-state index contributed by atoms with van der Waals surface area (Å²) in [6.07, 6.45) is 1.62. The van der Waals surface area contributed by atoms with E-state index in [4.69, 9.17) is 0 Å². The van der Waals surface area contributed by atoms with Crippen LogP contribution in [0.3, 0.4) is 0 Å². The summed E-state index contributed by atoms with van der Waals surface area (Å²) in [5.74, 6) is 1.87. The van der Waals surface area contributed by atoms with E-state index in [1.165, 1.54) is 0 Å². The number of rotatable bonds is 4. The molecule has 0 saturated heterocycles. The normalized spacial score (nSPS) is 20.6. The zero-order valence-corrected chi connectivity index (χ0v) is 12.3. The van der Waals surface area contributed by atoms with E-state index in [2.05, 4.69) is 62.1 Å². The van der Waals surface area contributed by atoms with Gasteiger partial charge in [-0.15, -0.1) is 0 Å². The maximum absolute atomic E-state index is 4.37. The van der Waals surface area contributed by atoms with Gasteiger partial charge in [-0.05, 0) is 24.7 Å². The van der Waals surface area contributed by atoms with Crippen molar-refractivity contribution in [2.45, 2.75) is 47.6 Å². The van der Waals surface area contributed by atoms with Gasteiger partial charge < -0.3 is 10.6 Å². The van der Waals surface area contributed by atoms with Gasteiger partial charge in [0.1, 0.15) is 18.0 Å². The van der Waals surface area contributed by atoms with Gasteiger partial charge in [0.25, 0.3) is 0 Å². The Morgan fingerprint density at radius 1 is 1.11 bits per heavy atom. The first-order valence-electron chi connectivity index (χ1n) is 6.64. The van der Waals surface area contributed by atoms with Crippen molar-refractivity contribution in [1.29, 1.82) is 0 Å². The van der Waals surface area contributed by atoms with Crippen LogP contribution in [0.4, 0.5) is 11.6 Å². The van der Waals surface area contributed by atoms with Gasteiger partial charge in [0, 0.05) is 18.2 Å². The van der Waals surface area contributed by atoms with Crippen LogP contribution in [0.1, 0.15) is 40.2 Å². The zero-order chi connectivity index (χ0) is 13.6. The van der Waals surface area contributed by atoms with E-state index in [1.54, 1.807) is 6.33 Å². The van der Waals surface area contributed by atoms with Gasteiger partial charge in [-0.25, -0.2) is 9.97 Å². The molecule has 0 unspecified atom stereocenters. The van der Waals surface area contributed by atoms with Crippen LogP contribution in [0.25, 0.3) is 0 Å². The van der Waals surface area contributed by atoms with Crippen molar-refractivity contribution >= 4 is 11.6 Å². The summed E-state index contributed by atoms with van der Waals surface area (Å²) in [4.78, 5) is 8.64. The van der Waals surface area contributed by atoms with Crippen molar-refractivity contribution in [3.05, 3.63) is 11.9 Å². The molecule has 0 aliphatic heterocycles. The number of aromatic nitrogens is 2. The Balaban J connectivity index is 2.19. The average Bonchev–Trinajstić information content (AvgIpc) is 2.66. The minimum atomic E-state index is 0.308. The van der Waals surface area contributed by atoms with E-state index in [0.29, 0.717) is 16.9 Å². The lowest BCUT2D eigenvalue weighted by atomic mass is 10.0. The van der Waals surface area contributed by atoms with Crippen molar-refractivity contribution in [3.63, 3.8) is 0 Å². The number of nitrogens with one attached hydrogen (secondary N) is 2. The molecular formula is C14H24N4. The molecule has 1 saturated carbocycles. The molecule has 0 bridgehead atoms. The lowest BCUT2D eigenvalue weighted by Crippen LogP contribution is -2.14. The van der Waals surface area contributed by atoms with E-state index < -0.39 is 0 Å². The monoisotopic (exact) mass is 248 g/mol. The number of nitrogens with zero attached hydrogens (tertiary/aromatic N) is 2. The topological polar surface area (TPSA) is 49.8 Å². The Labute approximate surface area is 110 Å². The van der Waals surface area contributed by atoms with Gasteiger partial charge in [0.2, 0.25) is 0 Å². The molecule has 4 nitrogen and oxygen atoms in total. The summed E-state index contributed by atoms with van der Waals surface area (Å²) in [7, 11) is 0. The molecule has 0 amide bonds. The van der Waals surface area contributed by atoms with Gasteiger partial charge in [-0.3, -0.25) is 0 Å². The van der Waals surface area contributed by atoms with Crippen LogP contribution in [0.5, 0.6) is 0 Å². The molecule has 0 atom stereocenters. The number of anilines is 2. The molecule has 0 spiro atoms.